The Morgan fingerprint density at radius 2 is 2.36 bits per heavy atom. The predicted octanol–water partition coefficient (Wildman–Crippen LogP) is 3.19. The molecule has 14 heavy (non-hydrogen) atoms. The number of nitrogens with zero attached hydrogens (tertiary/aromatic N) is 1. The molecule has 0 radical (unpaired) electrons. The van der Waals surface area contributed by atoms with Crippen LogP contribution in [0.15, 0.2) is 18.5 Å². The Balaban J connectivity index is 1.90. The Kier molecular flexibility index (Phi) is 2.40. The van der Waals surface area contributed by atoms with Crippen molar-refractivity contribution >= 4 is 17.3 Å². The molecule has 0 amide bonds. The predicted molar refractivity (Wildman–Crippen MR) is 59.6 cm³/mol. The van der Waals surface area contributed by atoms with E-state index in [-0.39, 0.29) is 0 Å². The molecular formula is C11H15ClN2. The van der Waals surface area contributed by atoms with E-state index in [1.165, 1.54) is 6.42 Å². The molecule has 0 saturated heterocycles. The van der Waals surface area contributed by atoms with Crippen LogP contribution in [0.3, 0.4) is 0 Å². The number of hydrogen-bond donors (Lipinski definition) is 1. The van der Waals surface area contributed by atoms with Crippen molar-refractivity contribution in [2.45, 2.75) is 20.3 Å². The first-order valence-corrected chi connectivity index (χ1v) is 5.31. The summed E-state index contributed by atoms with van der Waals surface area (Å²) < 4.78 is 0. The SMILES string of the molecule is CC1(C)CC1CNc1ccncc1Cl. The molecule has 0 aliphatic heterocycles. The molecule has 1 saturated carbocycles. The van der Waals surface area contributed by atoms with E-state index in [1.54, 1.807) is 12.4 Å². The number of rotatable bonds is 3. The standard InChI is InChI=1S/C11H15ClN2/c1-11(2)5-8(11)6-14-10-3-4-13-7-9(10)12/h3-4,7-8H,5-6H2,1-2H3,(H,13,14). The van der Waals surface area contributed by atoms with E-state index in [4.69, 9.17) is 11.6 Å². The minimum atomic E-state index is 0.520. The highest BCUT2D eigenvalue weighted by Crippen LogP contribution is 2.51. The van der Waals surface area contributed by atoms with Crippen LogP contribution in [0.4, 0.5) is 5.69 Å². The van der Waals surface area contributed by atoms with Gasteiger partial charge < -0.3 is 5.32 Å². The van der Waals surface area contributed by atoms with Crippen molar-refractivity contribution in [2.24, 2.45) is 11.3 Å². The van der Waals surface area contributed by atoms with Crippen LogP contribution in [-0.4, -0.2) is 11.5 Å². The molecule has 1 atom stereocenters. The second kappa shape index (κ2) is 3.43. The van der Waals surface area contributed by atoms with Crippen LogP contribution < -0.4 is 5.32 Å². The number of anilines is 1. The molecule has 1 aromatic heterocycles. The summed E-state index contributed by atoms with van der Waals surface area (Å²) in [5, 5.41) is 4.06. The van der Waals surface area contributed by atoms with Crippen molar-refractivity contribution in [3.8, 4) is 0 Å². The van der Waals surface area contributed by atoms with Gasteiger partial charge in [0, 0.05) is 18.9 Å². The molecule has 1 aliphatic rings. The minimum Gasteiger partial charge on any atom is -0.383 e. The number of halogens is 1. The molecule has 0 bridgehead atoms. The second-order valence-corrected chi connectivity index (χ2v) is 5.03. The minimum absolute atomic E-state index is 0.520. The van der Waals surface area contributed by atoms with Gasteiger partial charge >= 0.3 is 0 Å². The molecule has 1 N–H and O–H groups in total. The molecule has 3 heteroatoms. The van der Waals surface area contributed by atoms with Crippen molar-refractivity contribution in [3.63, 3.8) is 0 Å². The van der Waals surface area contributed by atoms with Crippen LogP contribution in [0.1, 0.15) is 20.3 Å². The third-order valence-electron chi connectivity index (χ3n) is 3.03. The van der Waals surface area contributed by atoms with Gasteiger partial charge in [-0.1, -0.05) is 25.4 Å². The van der Waals surface area contributed by atoms with Crippen LogP contribution >= 0.6 is 11.6 Å². The van der Waals surface area contributed by atoms with Crippen molar-refractivity contribution in [3.05, 3.63) is 23.5 Å². The zero-order valence-corrected chi connectivity index (χ0v) is 9.30. The van der Waals surface area contributed by atoms with E-state index >= 15 is 0 Å². The Morgan fingerprint density at radius 1 is 1.64 bits per heavy atom. The van der Waals surface area contributed by atoms with Gasteiger partial charge in [-0.05, 0) is 23.8 Å². The molecular weight excluding hydrogens is 196 g/mol. The highest BCUT2D eigenvalue weighted by Gasteiger charge is 2.44. The average molecular weight is 211 g/mol. The summed E-state index contributed by atoms with van der Waals surface area (Å²) in [5.41, 5.74) is 1.51. The molecule has 1 aliphatic carbocycles. The van der Waals surface area contributed by atoms with Crippen LogP contribution in [0.2, 0.25) is 5.02 Å². The largest absolute Gasteiger partial charge is 0.383 e. The quantitative estimate of drug-likeness (QED) is 0.829. The molecule has 0 aromatic carbocycles. The second-order valence-electron chi connectivity index (χ2n) is 4.63. The lowest BCUT2D eigenvalue weighted by molar-refractivity contribution is 0.573. The summed E-state index contributed by atoms with van der Waals surface area (Å²) in [4.78, 5) is 3.94. The molecule has 1 unspecified atom stereocenters. The molecule has 2 rings (SSSR count). The van der Waals surface area contributed by atoms with Gasteiger partial charge in [0.1, 0.15) is 0 Å². The Bertz CT molecular complexity index is 336. The summed E-state index contributed by atoms with van der Waals surface area (Å²) >= 11 is 5.97. The average Bonchev–Trinajstić information content (AvgIpc) is 2.73. The van der Waals surface area contributed by atoms with Gasteiger partial charge in [0.2, 0.25) is 0 Å². The number of pyridine rings is 1. The summed E-state index contributed by atoms with van der Waals surface area (Å²) in [5.74, 6) is 0.784. The highest BCUT2D eigenvalue weighted by molar-refractivity contribution is 6.33. The fraction of sp³-hybridized carbons (Fsp3) is 0.545. The monoisotopic (exact) mass is 210 g/mol. The van der Waals surface area contributed by atoms with Gasteiger partial charge in [-0.25, -0.2) is 0 Å². The van der Waals surface area contributed by atoms with Gasteiger partial charge in [0.25, 0.3) is 0 Å². The van der Waals surface area contributed by atoms with Crippen LogP contribution in [0.5, 0.6) is 0 Å². The molecule has 1 aromatic rings. The van der Waals surface area contributed by atoms with E-state index < -0.39 is 0 Å². The van der Waals surface area contributed by atoms with E-state index in [0.717, 1.165) is 18.2 Å². The zero-order valence-electron chi connectivity index (χ0n) is 8.55. The maximum absolute atomic E-state index is 5.97. The van der Waals surface area contributed by atoms with Crippen molar-refractivity contribution in [1.82, 2.24) is 4.98 Å². The number of hydrogen-bond acceptors (Lipinski definition) is 2. The molecule has 76 valence electrons. The third-order valence-corrected chi connectivity index (χ3v) is 3.33. The highest BCUT2D eigenvalue weighted by atomic mass is 35.5. The summed E-state index contributed by atoms with van der Waals surface area (Å²) in [6, 6.07) is 1.91. The molecule has 0 spiro atoms. The molecule has 1 fully saturated rings. The maximum Gasteiger partial charge on any atom is 0.0820 e. The Labute approximate surface area is 89.7 Å². The van der Waals surface area contributed by atoms with E-state index in [0.29, 0.717) is 10.4 Å². The van der Waals surface area contributed by atoms with Crippen molar-refractivity contribution in [1.29, 1.82) is 0 Å². The van der Waals surface area contributed by atoms with Crippen LogP contribution in [-0.2, 0) is 0 Å². The number of aromatic nitrogens is 1. The number of nitrogens with one attached hydrogen (secondary N) is 1. The van der Waals surface area contributed by atoms with Crippen molar-refractivity contribution in [2.75, 3.05) is 11.9 Å². The van der Waals surface area contributed by atoms with E-state index in [9.17, 15) is 0 Å². The third kappa shape index (κ3) is 2.01. The van der Waals surface area contributed by atoms with E-state index in [1.807, 2.05) is 6.07 Å². The Hall–Kier alpha value is -0.760. The van der Waals surface area contributed by atoms with Crippen LogP contribution in [0, 0.1) is 11.3 Å². The van der Waals surface area contributed by atoms with Crippen molar-refractivity contribution < 1.29 is 0 Å². The fourth-order valence-corrected chi connectivity index (χ4v) is 1.86. The first kappa shape index (κ1) is 9.78. The topological polar surface area (TPSA) is 24.9 Å². The first-order chi connectivity index (χ1) is 6.59. The summed E-state index contributed by atoms with van der Waals surface area (Å²) in [7, 11) is 0. The lowest BCUT2D eigenvalue weighted by atomic mass is 10.1. The molecule has 1 heterocycles. The van der Waals surface area contributed by atoms with Gasteiger partial charge in [-0.15, -0.1) is 0 Å². The zero-order chi connectivity index (χ0) is 10.2. The summed E-state index contributed by atoms with van der Waals surface area (Å²) in [6.07, 6.45) is 4.73. The smallest absolute Gasteiger partial charge is 0.0820 e. The van der Waals surface area contributed by atoms with Gasteiger partial charge in [0.05, 0.1) is 10.7 Å². The lowest BCUT2D eigenvalue weighted by Gasteiger charge is -2.08. The van der Waals surface area contributed by atoms with Gasteiger partial charge in [-0.2, -0.15) is 0 Å². The first-order valence-electron chi connectivity index (χ1n) is 4.93. The van der Waals surface area contributed by atoms with Gasteiger partial charge in [-0.3, -0.25) is 4.98 Å². The summed E-state index contributed by atoms with van der Waals surface area (Å²) in [6.45, 7) is 5.61. The Morgan fingerprint density at radius 3 is 2.93 bits per heavy atom. The normalized spacial score (nSPS) is 23.2. The maximum atomic E-state index is 5.97. The lowest BCUT2D eigenvalue weighted by Crippen LogP contribution is -2.07. The van der Waals surface area contributed by atoms with Crippen LogP contribution in [0.25, 0.3) is 0 Å². The molecule has 2 nitrogen and oxygen atoms in total. The fourth-order valence-electron chi connectivity index (χ4n) is 1.68. The van der Waals surface area contributed by atoms with E-state index in [2.05, 4.69) is 24.1 Å². The van der Waals surface area contributed by atoms with Gasteiger partial charge in [0.15, 0.2) is 0 Å².